The van der Waals surface area contributed by atoms with E-state index in [0.29, 0.717) is 45.7 Å². The van der Waals surface area contributed by atoms with Crippen molar-refractivity contribution in [1.82, 2.24) is 14.7 Å². The summed E-state index contributed by atoms with van der Waals surface area (Å²) < 4.78 is 23.2. The molecule has 0 saturated carbocycles. The largest absolute Gasteiger partial charge is 0.332 e. The highest BCUT2D eigenvalue weighted by atomic mass is 32.2. The number of piperazine rings is 1. The van der Waals surface area contributed by atoms with E-state index in [1.54, 1.807) is 11.8 Å². The van der Waals surface area contributed by atoms with E-state index in [1.165, 1.54) is 4.90 Å². The van der Waals surface area contributed by atoms with Crippen molar-refractivity contribution in [1.29, 1.82) is 0 Å². The van der Waals surface area contributed by atoms with E-state index in [2.05, 4.69) is 4.90 Å². The molecular formula is C14H26N4O4S. The van der Waals surface area contributed by atoms with Crippen LogP contribution in [0.2, 0.25) is 0 Å². The van der Waals surface area contributed by atoms with Gasteiger partial charge in [-0.1, -0.05) is 0 Å². The molecule has 0 radical (unpaired) electrons. The zero-order valence-corrected chi connectivity index (χ0v) is 14.4. The van der Waals surface area contributed by atoms with Crippen LogP contribution >= 0.6 is 0 Å². The Labute approximate surface area is 137 Å². The van der Waals surface area contributed by atoms with Gasteiger partial charge in [-0.15, -0.1) is 0 Å². The molecule has 0 spiro atoms. The molecule has 0 aromatic carbocycles. The number of hydrogen-bond donors (Lipinski definition) is 1. The van der Waals surface area contributed by atoms with Gasteiger partial charge in [-0.25, -0.2) is 8.42 Å². The zero-order chi connectivity index (χ0) is 17.0. The summed E-state index contributed by atoms with van der Waals surface area (Å²) in [6, 6.07) is -0.375. The van der Waals surface area contributed by atoms with Crippen molar-refractivity contribution in [3.8, 4) is 0 Å². The Bertz CT molecular complexity index is 543. The number of nitrogens with zero attached hydrogens (tertiary/aromatic N) is 3. The van der Waals surface area contributed by atoms with Gasteiger partial charge in [0.25, 0.3) is 0 Å². The van der Waals surface area contributed by atoms with Crippen molar-refractivity contribution < 1.29 is 18.0 Å². The molecule has 2 saturated heterocycles. The third-order valence-corrected chi connectivity index (χ3v) is 6.29. The minimum absolute atomic E-state index is 0.0376. The topological polar surface area (TPSA) is 104 Å². The first kappa shape index (κ1) is 18.2. The van der Waals surface area contributed by atoms with E-state index < -0.39 is 21.7 Å². The first-order valence-electron chi connectivity index (χ1n) is 8.10. The van der Waals surface area contributed by atoms with Crippen molar-refractivity contribution in [3.63, 3.8) is 0 Å². The van der Waals surface area contributed by atoms with Crippen LogP contribution < -0.4 is 5.73 Å². The van der Waals surface area contributed by atoms with E-state index in [1.807, 2.05) is 0 Å². The molecule has 23 heavy (non-hydrogen) atoms. The number of rotatable bonds is 4. The van der Waals surface area contributed by atoms with Crippen molar-refractivity contribution in [2.75, 3.05) is 57.3 Å². The Morgan fingerprint density at radius 1 is 1.22 bits per heavy atom. The van der Waals surface area contributed by atoms with Crippen LogP contribution in [-0.2, 0) is 19.4 Å². The SMILES string of the molecule is CCN(C(=O)C(=O)N1CCN(CCN)CC1)C1CCS(=O)(=O)C1. The van der Waals surface area contributed by atoms with Gasteiger partial charge in [0.2, 0.25) is 0 Å². The van der Waals surface area contributed by atoms with Gasteiger partial charge >= 0.3 is 11.8 Å². The smallest absolute Gasteiger partial charge is 0.312 e. The fourth-order valence-electron chi connectivity index (χ4n) is 3.20. The highest BCUT2D eigenvalue weighted by Gasteiger charge is 2.37. The average Bonchev–Trinajstić information content (AvgIpc) is 2.88. The molecule has 132 valence electrons. The predicted octanol–water partition coefficient (Wildman–Crippen LogP) is -1.88. The maximum atomic E-state index is 12.5. The van der Waals surface area contributed by atoms with Gasteiger partial charge in [0.05, 0.1) is 11.5 Å². The summed E-state index contributed by atoms with van der Waals surface area (Å²) >= 11 is 0. The summed E-state index contributed by atoms with van der Waals surface area (Å²) in [4.78, 5) is 30.0. The average molecular weight is 346 g/mol. The highest BCUT2D eigenvalue weighted by molar-refractivity contribution is 7.91. The maximum Gasteiger partial charge on any atom is 0.312 e. The van der Waals surface area contributed by atoms with Gasteiger partial charge in [-0.3, -0.25) is 14.5 Å². The molecule has 9 heteroatoms. The molecule has 0 aromatic rings. The molecule has 1 unspecified atom stereocenters. The van der Waals surface area contributed by atoms with Crippen LogP contribution in [0.25, 0.3) is 0 Å². The number of amides is 2. The molecule has 2 aliphatic heterocycles. The Balaban J connectivity index is 1.94. The fraction of sp³-hybridized carbons (Fsp3) is 0.857. The summed E-state index contributed by atoms with van der Waals surface area (Å²) in [5, 5.41) is 0. The molecule has 2 N–H and O–H groups in total. The van der Waals surface area contributed by atoms with Gasteiger partial charge in [-0.2, -0.15) is 0 Å². The normalized spacial score (nSPS) is 24.6. The van der Waals surface area contributed by atoms with Crippen LogP contribution in [0.4, 0.5) is 0 Å². The molecule has 1 atom stereocenters. The van der Waals surface area contributed by atoms with Crippen LogP contribution in [0.3, 0.4) is 0 Å². The lowest BCUT2D eigenvalue weighted by Gasteiger charge is -2.35. The Kier molecular flexibility index (Phi) is 5.99. The van der Waals surface area contributed by atoms with Crippen molar-refractivity contribution in [2.24, 2.45) is 5.73 Å². The van der Waals surface area contributed by atoms with E-state index in [9.17, 15) is 18.0 Å². The number of hydrogen-bond acceptors (Lipinski definition) is 6. The molecule has 2 amide bonds. The van der Waals surface area contributed by atoms with Gasteiger partial charge in [0, 0.05) is 51.9 Å². The fourth-order valence-corrected chi connectivity index (χ4v) is 4.93. The Morgan fingerprint density at radius 3 is 2.35 bits per heavy atom. The van der Waals surface area contributed by atoms with Crippen LogP contribution in [0.15, 0.2) is 0 Å². The van der Waals surface area contributed by atoms with Gasteiger partial charge in [0.15, 0.2) is 9.84 Å². The first-order chi connectivity index (χ1) is 10.9. The molecule has 2 rings (SSSR count). The number of sulfone groups is 1. The van der Waals surface area contributed by atoms with Gasteiger partial charge < -0.3 is 15.5 Å². The van der Waals surface area contributed by atoms with E-state index in [-0.39, 0.29) is 17.5 Å². The minimum Gasteiger partial charge on any atom is -0.332 e. The van der Waals surface area contributed by atoms with Crippen molar-refractivity contribution in [3.05, 3.63) is 0 Å². The molecular weight excluding hydrogens is 320 g/mol. The summed E-state index contributed by atoms with van der Waals surface area (Å²) in [7, 11) is -3.09. The second kappa shape index (κ2) is 7.59. The molecule has 2 heterocycles. The molecule has 0 bridgehead atoms. The second-order valence-electron chi connectivity index (χ2n) is 6.07. The van der Waals surface area contributed by atoms with Crippen LogP contribution in [0, 0.1) is 0 Å². The summed E-state index contributed by atoms with van der Waals surface area (Å²) in [6.07, 6.45) is 0.416. The van der Waals surface area contributed by atoms with E-state index >= 15 is 0 Å². The zero-order valence-electron chi connectivity index (χ0n) is 13.6. The molecule has 8 nitrogen and oxygen atoms in total. The third kappa shape index (κ3) is 4.42. The van der Waals surface area contributed by atoms with Crippen LogP contribution in [-0.4, -0.2) is 98.3 Å². The summed E-state index contributed by atoms with van der Waals surface area (Å²) in [6.45, 7) is 5.91. The molecule has 0 aromatic heterocycles. The maximum absolute atomic E-state index is 12.5. The number of carbonyl (C=O) groups excluding carboxylic acids is 2. The lowest BCUT2D eigenvalue weighted by atomic mass is 10.2. The van der Waals surface area contributed by atoms with Gasteiger partial charge in [0.1, 0.15) is 0 Å². The highest BCUT2D eigenvalue weighted by Crippen LogP contribution is 2.18. The molecule has 2 fully saturated rings. The predicted molar refractivity (Wildman–Crippen MR) is 86.5 cm³/mol. The number of nitrogens with two attached hydrogens (primary N) is 1. The first-order valence-corrected chi connectivity index (χ1v) is 9.92. The Hall–Kier alpha value is -1.19. The van der Waals surface area contributed by atoms with E-state index in [4.69, 9.17) is 5.73 Å². The van der Waals surface area contributed by atoms with Crippen molar-refractivity contribution >= 4 is 21.7 Å². The minimum atomic E-state index is -3.09. The monoisotopic (exact) mass is 346 g/mol. The lowest BCUT2D eigenvalue weighted by Crippen LogP contribution is -2.55. The second-order valence-corrected chi connectivity index (χ2v) is 8.30. The molecule has 2 aliphatic rings. The van der Waals surface area contributed by atoms with E-state index in [0.717, 1.165) is 6.54 Å². The quantitative estimate of drug-likeness (QED) is 0.598. The Morgan fingerprint density at radius 2 is 1.87 bits per heavy atom. The van der Waals surface area contributed by atoms with Gasteiger partial charge in [-0.05, 0) is 13.3 Å². The van der Waals surface area contributed by atoms with Crippen LogP contribution in [0.1, 0.15) is 13.3 Å². The standard InChI is InChI=1S/C14H26N4O4S/c1-2-18(12-3-10-23(21,22)11-12)14(20)13(19)17-8-6-16(5-4-15)7-9-17/h12H,2-11,15H2,1H3. The number of likely N-dealkylation sites (N-methyl/N-ethyl adjacent to an activating group) is 1. The van der Waals surface area contributed by atoms with Crippen LogP contribution in [0.5, 0.6) is 0 Å². The third-order valence-electron chi connectivity index (χ3n) is 4.54. The molecule has 0 aliphatic carbocycles. The summed E-state index contributed by atoms with van der Waals surface area (Å²) in [5.41, 5.74) is 5.52. The number of carbonyl (C=O) groups is 2. The van der Waals surface area contributed by atoms with Crippen molar-refractivity contribution in [2.45, 2.75) is 19.4 Å². The summed E-state index contributed by atoms with van der Waals surface area (Å²) in [5.74, 6) is -1.05. The lowest BCUT2D eigenvalue weighted by molar-refractivity contribution is -0.153.